The predicted molar refractivity (Wildman–Crippen MR) is 124 cm³/mol. The second-order valence-electron chi connectivity index (χ2n) is 8.38. The molecule has 0 saturated carbocycles. The molecule has 33 heavy (non-hydrogen) atoms. The molecule has 1 aromatic heterocycles. The molecule has 0 aliphatic carbocycles. The number of methoxy groups -OCH3 is 1. The van der Waals surface area contributed by atoms with Crippen LogP contribution in [-0.2, 0) is 4.74 Å². The standard InChI is InChI=1S/C24H33N3O6/c1-13(2)10-11-32-18-9-8-17(12-19(18)31-7)22(28)26-27-23(29)21-15(5)20(16(6)25-21)24(30)33-14(3)4/h8-9,12-14,25H,10-11H2,1-7H3,(H,26,28)(H,27,29). The number of rotatable bonds is 9. The highest BCUT2D eigenvalue weighted by Gasteiger charge is 2.24. The Kier molecular flexibility index (Phi) is 8.90. The molecule has 2 rings (SSSR count). The molecular weight excluding hydrogens is 426 g/mol. The van der Waals surface area contributed by atoms with E-state index in [4.69, 9.17) is 14.2 Å². The first-order chi connectivity index (χ1) is 15.5. The third-order valence-electron chi connectivity index (χ3n) is 4.88. The van der Waals surface area contributed by atoms with Crippen molar-refractivity contribution in [2.45, 2.75) is 54.1 Å². The van der Waals surface area contributed by atoms with Crippen LogP contribution in [-0.4, -0.2) is 42.6 Å². The smallest absolute Gasteiger partial charge is 0.340 e. The molecular formula is C24H33N3O6. The Morgan fingerprint density at radius 3 is 2.27 bits per heavy atom. The second kappa shape index (κ2) is 11.4. The van der Waals surface area contributed by atoms with E-state index in [-0.39, 0.29) is 17.4 Å². The Balaban J connectivity index is 2.06. The number of aromatic amines is 1. The van der Waals surface area contributed by atoms with Gasteiger partial charge in [-0.15, -0.1) is 0 Å². The first-order valence-corrected chi connectivity index (χ1v) is 10.9. The Morgan fingerprint density at radius 1 is 1.00 bits per heavy atom. The lowest BCUT2D eigenvalue weighted by Crippen LogP contribution is -2.42. The molecule has 0 spiro atoms. The number of amides is 2. The van der Waals surface area contributed by atoms with Crippen molar-refractivity contribution in [2.75, 3.05) is 13.7 Å². The fourth-order valence-electron chi connectivity index (χ4n) is 3.14. The third-order valence-corrected chi connectivity index (χ3v) is 4.88. The molecule has 9 heteroatoms. The quantitative estimate of drug-likeness (QED) is 0.389. The van der Waals surface area contributed by atoms with Gasteiger partial charge in [0.1, 0.15) is 5.69 Å². The summed E-state index contributed by atoms with van der Waals surface area (Å²) in [5.74, 6) is -0.168. The van der Waals surface area contributed by atoms with Crippen molar-refractivity contribution in [2.24, 2.45) is 5.92 Å². The number of aromatic nitrogens is 1. The summed E-state index contributed by atoms with van der Waals surface area (Å²) in [4.78, 5) is 40.3. The van der Waals surface area contributed by atoms with E-state index in [2.05, 4.69) is 29.7 Å². The highest BCUT2D eigenvalue weighted by atomic mass is 16.5. The lowest BCUT2D eigenvalue weighted by molar-refractivity contribution is 0.0376. The molecule has 1 aromatic carbocycles. The van der Waals surface area contributed by atoms with Gasteiger partial charge in [0.2, 0.25) is 0 Å². The topological polar surface area (TPSA) is 119 Å². The second-order valence-corrected chi connectivity index (χ2v) is 8.38. The average Bonchev–Trinajstić information content (AvgIpc) is 3.05. The molecule has 0 atom stereocenters. The highest BCUT2D eigenvalue weighted by molar-refractivity contribution is 6.02. The van der Waals surface area contributed by atoms with Gasteiger partial charge in [0.05, 0.1) is 25.4 Å². The molecule has 180 valence electrons. The molecule has 9 nitrogen and oxygen atoms in total. The zero-order chi connectivity index (χ0) is 24.7. The van der Waals surface area contributed by atoms with Crippen LogP contribution in [0.1, 0.15) is 76.6 Å². The number of esters is 1. The molecule has 2 aromatic rings. The Bertz CT molecular complexity index is 1010. The molecule has 0 unspecified atom stereocenters. The molecule has 1 heterocycles. The van der Waals surface area contributed by atoms with Crippen LogP contribution < -0.4 is 20.3 Å². The summed E-state index contributed by atoms with van der Waals surface area (Å²) in [6.07, 6.45) is 0.609. The number of nitrogens with one attached hydrogen (secondary N) is 3. The van der Waals surface area contributed by atoms with Crippen LogP contribution in [0.25, 0.3) is 0 Å². The predicted octanol–water partition coefficient (Wildman–Crippen LogP) is 3.71. The molecule has 3 N–H and O–H groups in total. The number of benzene rings is 1. The first-order valence-electron chi connectivity index (χ1n) is 10.9. The van der Waals surface area contributed by atoms with Crippen LogP contribution >= 0.6 is 0 Å². The number of hydrazine groups is 1. The third kappa shape index (κ3) is 6.74. The van der Waals surface area contributed by atoms with Crippen molar-refractivity contribution in [1.29, 1.82) is 0 Å². The summed E-state index contributed by atoms with van der Waals surface area (Å²) in [7, 11) is 1.49. The van der Waals surface area contributed by atoms with Gasteiger partial charge in [0, 0.05) is 11.3 Å². The van der Waals surface area contributed by atoms with Gasteiger partial charge in [0.25, 0.3) is 11.8 Å². The maximum atomic E-state index is 12.6. The van der Waals surface area contributed by atoms with Crippen molar-refractivity contribution >= 4 is 17.8 Å². The van der Waals surface area contributed by atoms with E-state index >= 15 is 0 Å². The molecule has 0 bridgehead atoms. The van der Waals surface area contributed by atoms with Gasteiger partial charge in [-0.2, -0.15) is 0 Å². The van der Waals surface area contributed by atoms with Crippen LogP contribution in [0, 0.1) is 19.8 Å². The number of ether oxygens (including phenoxy) is 3. The summed E-state index contributed by atoms with van der Waals surface area (Å²) in [5, 5.41) is 0. The van der Waals surface area contributed by atoms with Crippen LogP contribution in [0.3, 0.4) is 0 Å². The van der Waals surface area contributed by atoms with E-state index in [1.54, 1.807) is 39.8 Å². The van der Waals surface area contributed by atoms with E-state index in [9.17, 15) is 14.4 Å². The fourth-order valence-corrected chi connectivity index (χ4v) is 3.14. The molecule has 0 aliphatic rings. The number of carbonyl (C=O) groups is 3. The lowest BCUT2D eigenvalue weighted by atomic mass is 10.1. The summed E-state index contributed by atoms with van der Waals surface area (Å²) < 4.78 is 16.3. The minimum absolute atomic E-state index is 0.162. The number of carbonyl (C=O) groups excluding carboxylic acids is 3. The summed E-state index contributed by atoms with van der Waals surface area (Å²) >= 11 is 0. The van der Waals surface area contributed by atoms with Gasteiger partial charge >= 0.3 is 5.97 Å². The van der Waals surface area contributed by atoms with E-state index in [1.807, 2.05) is 0 Å². The summed E-state index contributed by atoms with van der Waals surface area (Å²) in [5.41, 5.74) is 6.43. The number of hydrogen-bond acceptors (Lipinski definition) is 6. The van der Waals surface area contributed by atoms with Crippen molar-refractivity contribution < 1.29 is 28.6 Å². The maximum absolute atomic E-state index is 12.6. The van der Waals surface area contributed by atoms with E-state index in [0.29, 0.717) is 40.8 Å². The SMILES string of the molecule is COc1cc(C(=O)NNC(=O)c2[nH]c(C)c(C(=O)OC(C)C)c2C)ccc1OCCC(C)C. The molecule has 0 saturated heterocycles. The Hall–Kier alpha value is -3.49. The van der Waals surface area contributed by atoms with Gasteiger partial charge < -0.3 is 19.2 Å². The van der Waals surface area contributed by atoms with Gasteiger partial charge in [0.15, 0.2) is 11.5 Å². The zero-order valence-corrected chi connectivity index (χ0v) is 20.3. The van der Waals surface area contributed by atoms with Crippen molar-refractivity contribution in [3.63, 3.8) is 0 Å². The molecule has 2 amide bonds. The van der Waals surface area contributed by atoms with E-state index in [1.165, 1.54) is 13.2 Å². The van der Waals surface area contributed by atoms with Crippen LogP contribution in [0.4, 0.5) is 0 Å². The number of H-pyrrole nitrogens is 1. The zero-order valence-electron chi connectivity index (χ0n) is 20.3. The summed E-state index contributed by atoms with van der Waals surface area (Å²) in [6, 6.07) is 4.77. The monoisotopic (exact) mass is 459 g/mol. The molecule has 0 aliphatic heterocycles. The molecule has 0 fully saturated rings. The van der Waals surface area contributed by atoms with Crippen molar-refractivity contribution in [3.05, 3.63) is 46.3 Å². The Labute approximate surface area is 194 Å². The van der Waals surface area contributed by atoms with Gasteiger partial charge in [-0.25, -0.2) is 4.79 Å². The average molecular weight is 460 g/mol. The minimum Gasteiger partial charge on any atom is -0.493 e. The van der Waals surface area contributed by atoms with Crippen LogP contribution in [0.2, 0.25) is 0 Å². The number of hydrogen-bond donors (Lipinski definition) is 3. The van der Waals surface area contributed by atoms with Gasteiger partial charge in [-0.1, -0.05) is 13.8 Å². The number of aryl methyl sites for hydroxylation is 1. The van der Waals surface area contributed by atoms with Crippen molar-refractivity contribution in [1.82, 2.24) is 15.8 Å². The normalized spacial score (nSPS) is 10.8. The first kappa shape index (κ1) is 25.8. The fraction of sp³-hybridized carbons (Fsp3) is 0.458. The van der Waals surface area contributed by atoms with E-state index < -0.39 is 17.8 Å². The summed E-state index contributed by atoms with van der Waals surface area (Å²) in [6.45, 7) is 11.6. The van der Waals surface area contributed by atoms with Crippen LogP contribution in [0.15, 0.2) is 18.2 Å². The lowest BCUT2D eigenvalue weighted by Gasteiger charge is -2.13. The van der Waals surface area contributed by atoms with Crippen molar-refractivity contribution in [3.8, 4) is 11.5 Å². The largest absolute Gasteiger partial charge is 0.493 e. The van der Waals surface area contributed by atoms with Gasteiger partial charge in [-0.3, -0.25) is 20.4 Å². The van der Waals surface area contributed by atoms with E-state index in [0.717, 1.165) is 6.42 Å². The Morgan fingerprint density at radius 2 is 1.67 bits per heavy atom. The van der Waals surface area contributed by atoms with Gasteiger partial charge in [-0.05, 0) is 63.8 Å². The minimum atomic E-state index is -0.590. The molecule has 0 radical (unpaired) electrons. The highest BCUT2D eigenvalue weighted by Crippen LogP contribution is 2.28. The maximum Gasteiger partial charge on any atom is 0.340 e. The van der Waals surface area contributed by atoms with Crippen LogP contribution in [0.5, 0.6) is 11.5 Å².